The Morgan fingerprint density at radius 1 is 0.446 bits per heavy atom. The van der Waals surface area contributed by atoms with Crippen LogP contribution in [0.4, 0.5) is 16.2 Å². The molecule has 0 saturated heterocycles. The van der Waals surface area contributed by atoms with E-state index < -0.39 is 29.4 Å². The summed E-state index contributed by atoms with van der Waals surface area (Å²) >= 11 is 0. The molecule has 0 radical (unpaired) electrons. The molecule has 0 fully saturated rings. The number of para-hydroxylation sites is 2. The summed E-state index contributed by atoms with van der Waals surface area (Å²) in [6.07, 6.45) is 5.47. The van der Waals surface area contributed by atoms with Crippen molar-refractivity contribution in [1.29, 1.82) is 0 Å². The van der Waals surface area contributed by atoms with Crippen molar-refractivity contribution in [3.63, 3.8) is 0 Å². The number of amides is 3. The van der Waals surface area contributed by atoms with Crippen molar-refractivity contribution in [1.82, 2.24) is 45.9 Å². The Hall–Kier alpha value is -9.12. The highest BCUT2D eigenvalue weighted by molar-refractivity contribution is 6.09. The first-order chi connectivity index (χ1) is 52.3. The fourth-order valence-electron chi connectivity index (χ4n) is 12.7. The molecule has 3 amide bonds. The van der Waals surface area contributed by atoms with Crippen molar-refractivity contribution in [2.75, 3.05) is 83.4 Å². The van der Waals surface area contributed by atoms with E-state index >= 15 is 0 Å². The number of carbonyl (C=O) groups is 8. The first-order valence-corrected chi connectivity index (χ1v) is 38.4. The number of ether oxygens (including phenoxy) is 8. The van der Waals surface area contributed by atoms with Gasteiger partial charge in [-0.3, -0.25) is 44.2 Å². The number of alkyl carbamates (subject to hydrolysis) is 1. The van der Waals surface area contributed by atoms with Gasteiger partial charge in [-0.25, -0.2) is 14.2 Å². The SMILES string of the molecule is C.C.COCCOCCCC(=O)CC(=O)N1Cc2ccccc2-c2c(nnn2CCOC(=O)NCCCCC(NC(C)(C)C)C(=O)OC(C)(C)C)-c2ccccc21.COCCOCCCC(=O)CC(=O)N1Cc2ccccc2-c2nnn(CCOC(=O)CCCCCC(NC(C)(C)C)C(=O)OC(C)(C)C)c2-c2ccccc21. The minimum Gasteiger partial charge on any atom is -0.464 e. The normalized spacial score (nSPS) is 12.9. The fourth-order valence-corrected chi connectivity index (χ4v) is 12.7. The molecule has 0 spiro atoms. The monoisotopic (exact) mass is 1560 g/mol. The molecule has 2 aromatic heterocycles. The van der Waals surface area contributed by atoms with E-state index in [1.165, 1.54) is 0 Å². The van der Waals surface area contributed by atoms with Crippen molar-refractivity contribution >= 4 is 58.8 Å². The Kier molecular flexibility index (Phi) is 38.0. The molecule has 0 bridgehead atoms. The number of Topliss-reactive ketones (excluding diaryl/α,β-unsaturated/α-hetero) is 2. The third-order valence-electron chi connectivity index (χ3n) is 17.5. The Labute approximate surface area is 662 Å². The zero-order valence-electron chi connectivity index (χ0n) is 67.1. The van der Waals surface area contributed by atoms with Gasteiger partial charge >= 0.3 is 24.0 Å². The highest BCUT2D eigenvalue weighted by Gasteiger charge is 2.34. The molecule has 0 saturated carbocycles. The molecular weight excluding hydrogens is 1430 g/mol. The maximum absolute atomic E-state index is 13.8. The van der Waals surface area contributed by atoms with Crippen LogP contribution in [0.1, 0.15) is 199 Å². The Morgan fingerprint density at radius 2 is 0.866 bits per heavy atom. The van der Waals surface area contributed by atoms with E-state index in [0.29, 0.717) is 125 Å². The van der Waals surface area contributed by atoms with E-state index in [-0.39, 0.29) is 139 Å². The van der Waals surface area contributed by atoms with E-state index in [1.54, 1.807) is 33.4 Å². The number of hydrogen-bond acceptors (Lipinski definition) is 22. The quantitative estimate of drug-likeness (QED) is 0.0140. The smallest absolute Gasteiger partial charge is 0.407 e. The second-order valence-corrected chi connectivity index (χ2v) is 31.5. The Balaban J connectivity index is 0.000000393. The molecule has 27 heteroatoms. The summed E-state index contributed by atoms with van der Waals surface area (Å²) < 4.78 is 46.7. The summed E-state index contributed by atoms with van der Waals surface area (Å²) in [5.41, 5.74) is 7.13. The first-order valence-electron chi connectivity index (χ1n) is 38.4. The van der Waals surface area contributed by atoms with Crippen LogP contribution >= 0.6 is 0 Å². The largest absolute Gasteiger partial charge is 0.464 e. The Bertz CT molecular complexity index is 3990. The third-order valence-corrected chi connectivity index (χ3v) is 17.5. The molecule has 2 unspecified atom stereocenters. The fraction of sp³-hybridized carbons (Fsp3) is 0.576. The molecule has 8 rings (SSSR count). The maximum Gasteiger partial charge on any atom is 0.407 e. The van der Waals surface area contributed by atoms with E-state index in [4.69, 9.17) is 37.9 Å². The van der Waals surface area contributed by atoms with E-state index in [9.17, 15) is 38.4 Å². The molecule has 4 aromatic carbocycles. The zero-order chi connectivity index (χ0) is 80.0. The van der Waals surface area contributed by atoms with Crippen molar-refractivity contribution in [2.45, 2.75) is 248 Å². The second kappa shape index (κ2) is 45.5. The number of nitrogens with zero attached hydrogens (tertiary/aromatic N) is 8. The second-order valence-electron chi connectivity index (χ2n) is 31.5. The molecule has 3 N–H and O–H groups in total. The number of nitrogens with one attached hydrogen (secondary N) is 3. The number of fused-ring (bicyclic) bond motifs is 10. The number of rotatable bonds is 39. The number of methoxy groups -OCH3 is 2. The van der Waals surface area contributed by atoms with Crippen LogP contribution in [0.2, 0.25) is 0 Å². The van der Waals surface area contributed by atoms with E-state index in [0.717, 1.165) is 46.4 Å². The van der Waals surface area contributed by atoms with Gasteiger partial charge in [0, 0.05) is 86.6 Å². The number of unbranched alkanes of at least 4 members (excludes halogenated alkanes) is 3. The van der Waals surface area contributed by atoms with Crippen LogP contribution in [0.15, 0.2) is 97.1 Å². The van der Waals surface area contributed by atoms with E-state index in [2.05, 4.69) is 36.6 Å². The number of carbonyl (C=O) groups excluding carboxylic acids is 8. The maximum atomic E-state index is 13.8. The van der Waals surface area contributed by atoms with Crippen molar-refractivity contribution in [2.24, 2.45) is 0 Å². The minimum absolute atomic E-state index is 0. The van der Waals surface area contributed by atoms with Crippen LogP contribution in [0.25, 0.3) is 45.0 Å². The highest BCUT2D eigenvalue weighted by atomic mass is 16.6. The lowest BCUT2D eigenvalue weighted by atomic mass is 9.95. The number of ketones is 2. The standard InChI is InChI=1S/C42H59N5O8.C41H58N6O8.2CH4/c1-41(2,3)43-34(40(51)55-42(4,5)6)20-9-8-10-22-37(50)54-25-23-47-39-33-19-13-14-21-35(33)46(29-30-16-11-12-18-32(30)38(39)44-45-47)36(49)28-31(48)17-15-24-53-27-26-52-7;1-40(2,3)43-33(38(50)55-41(4,5)6)19-12-13-21-42-39(51)54-24-22-47-37-31-17-9-8-15-29(31)28-46(34-20-11-10-18-32(34)36(37)44-45-47)35(49)27-30(48)16-14-23-53-26-25-52-7;;/h11-14,16,18-19,21,34,43H,8-10,15,17,20,22-29H2,1-7H3;8-11,15,17-18,20,33,43H,12-14,16,19,21-28H2,1-7H3,(H,42,51);2*1H4. The highest BCUT2D eigenvalue weighted by Crippen LogP contribution is 2.43. The molecule has 0 aliphatic carbocycles. The summed E-state index contributed by atoms with van der Waals surface area (Å²) in [4.78, 5) is 108. The molecule has 616 valence electrons. The van der Waals surface area contributed by atoms with Gasteiger partial charge in [0.25, 0.3) is 0 Å². The van der Waals surface area contributed by atoms with Gasteiger partial charge in [0.15, 0.2) is 0 Å². The predicted octanol–water partition coefficient (Wildman–Crippen LogP) is 13.6. The van der Waals surface area contributed by atoms with Gasteiger partial charge in [-0.2, -0.15) is 0 Å². The summed E-state index contributed by atoms with van der Waals surface area (Å²) in [6, 6.07) is 29.6. The zero-order valence-corrected chi connectivity index (χ0v) is 67.1. The molecule has 6 aromatic rings. The summed E-state index contributed by atoms with van der Waals surface area (Å²) in [5, 5.41) is 27.6. The lowest BCUT2D eigenvalue weighted by molar-refractivity contribution is -0.159. The van der Waals surface area contributed by atoms with Gasteiger partial charge < -0.3 is 53.0 Å². The molecular formula is C85H125N11O16. The predicted molar refractivity (Wildman–Crippen MR) is 433 cm³/mol. The summed E-state index contributed by atoms with van der Waals surface area (Å²) in [6.45, 7) is 27.5. The lowest BCUT2D eigenvalue weighted by Crippen LogP contribution is -2.49. The van der Waals surface area contributed by atoms with Crippen LogP contribution < -0.4 is 25.8 Å². The number of benzene rings is 4. The molecule has 2 aliphatic rings. The van der Waals surface area contributed by atoms with Crippen LogP contribution in [0.5, 0.6) is 0 Å². The molecule has 2 aliphatic heterocycles. The Morgan fingerprint density at radius 3 is 1.36 bits per heavy atom. The number of anilines is 2. The molecule has 4 heterocycles. The molecule has 27 nitrogen and oxygen atoms in total. The van der Waals surface area contributed by atoms with Gasteiger partial charge in [0.05, 0.1) is 88.2 Å². The number of hydrogen-bond donors (Lipinski definition) is 3. The van der Waals surface area contributed by atoms with Gasteiger partial charge in [-0.15, -0.1) is 10.2 Å². The van der Waals surface area contributed by atoms with Gasteiger partial charge in [-0.05, 0) is 151 Å². The average molecular weight is 1560 g/mol. The van der Waals surface area contributed by atoms with Crippen molar-refractivity contribution in [3.8, 4) is 45.0 Å². The van der Waals surface area contributed by atoms with Crippen LogP contribution in [-0.4, -0.2) is 185 Å². The van der Waals surface area contributed by atoms with Gasteiger partial charge in [-0.1, -0.05) is 123 Å². The summed E-state index contributed by atoms with van der Waals surface area (Å²) in [5.74, 6) is -1.76. The van der Waals surface area contributed by atoms with E-state index in [1.807, 2.05) is 180 Å². The topological polar surface area (TPSA) is 314 Å². The van der Waals surface area contributed by atoms with Crippen molar-refractivity contribution < 1.29 is 76.3 Å². The van der Waals surface area contributed by atoms with Gasteiger partial charge in [0.1, 0.15) is 59.5 Å². The van der Waals surface area contributed by atoms with Gasteiger partial charge in [0.2, 0.25) is 11.8 Å². The summed E-state index contributed by atoms with van der Waals surface area (Å²) in [7, 11) is 3.21. The number of aromatic nitrogens is 6. The first kappa shape index (κ1) is 93.5. The van der Waals surface area contributed by atoms with Crippen LogP contribution in [0.3, 0.4) is 0 Å². The van der Waals surface area contributed by atoms with Crippen LogP contribution in [0, 0.1) is 0 Å². The average Bonchev–Trinajstić information content (AvgIpc) is 1.49. The van der Waals surface area contributed by atoms with Crippen LogP contribution in [-0.2, 0) is 97.6 Å². The molecule has 2 atom stereocenters. The minimum atomic E-state index is -0.580. The lowest BCUT2D eigenvalue weighted by Gasteiger charge is -2.30. The van der Waals surface area contributed by atoms with Crippen molar-refractivity contribution in [3.05, 3.63) is 108 Å². The molecule has 112 heavy (non-hydrogen) atoms. The number of esters is 3. The third kappa shape index (κ3) is 30.8.